The zero-order valence-corrected chi connectivity index (χ0v) is 17.1. The average Bonchev–Trinajstić information content (AvgIpc) is 2.96. The Kier molecular flexibility index (Phi) is 5.94. The molecule has 1 aliphatic rings. The Morgan fingerprint density at radius 3 is 2.03 bits per heavy atom. The predicted molar refractivity (Wildman–Crippen MR) is 110 cm³/mol. The minimum Gasteiger partial charge on any atom is -0.458 e. The van der Waals surface area contributed by atoms with Crippen LogP contribution in [0.2, 0.25) is 0 Å². The van der Waals surface area contributed by atoms with Gasteiger partial charge in [0, 0.05) is 5.92 Å². The van der Waals surface area contributed by atoms with E-state index in [0.29, 0.717) is 0 Å². The summed E-state index contributed by atoms with van der Waals surface area (Å²) in [6.45, 7) is 6.70. The Labute approximate surface area is 170 Å². The summed E-state index contributed by atoms with van der Waals surface area (Å²) in [6.07, 6.45) is -1.89. The van der Waals surface area contributed by atoms with Gasteiger partial charge in [-0.1, -0.05) is 48.5 Å². The van der Waals surface area contributed by atoms with E-state index in [2.05, 4.69) is 17.4 Å². The molecule has 0 aliphatic heterocycles. The number of carbonyl (C=O) groups is 2. The lowest BCUT2D eigenvalue weighted by Gasteiger charge is -2.26. The Morgan fingerprint density at radius 1 is 1.03 bits per heavy atom. The van der Waals surface area contributed by atoms with E-state index in [1.165, 1.54) is 6.92 Å². The first-order valence-electron chi connectivity index (χ1n) is 9.70. The summed E-state index contributed by atoms with van der Waals surface area (Å²) >= 11 is 0. The molecular weight excluding hydrogens is 370 g/mol. The van der Waals surface area contributed by atoms with E-state index in [1.807, 2.05) is 36.4 Å². The van der Waals surface area contributed by atoms with Crippen LogP contribution in [0.4, 0.5) is 4.79 Å². The number of ether oxygens (including phenoxy) is 2. The van der Waals surface area contributed by atoms with E-state index in [1.54, 1.807) is 20.8 Å². The molecule has 29 heavy (non-hydrogen) atoms. The van der Waals surface area contributed by atoms with Gasteiger partial charge in [-0.2, -0.15) is 0 Å². The zero-order chi connectivity index (χ0) is 21.2. The fourth-order valence-corrected chi connectivity index (χ4v) is 3.51. The van der Waals surface area contributed by atoms with Crippen LogP contribution in [0.3, 0.4) is 0 Å². The number of aliphatic hydroxyl groups excluding tert-OH is 1. The van der Waals surface area contributed by atoms with Gasteiger partial charge in [0.25, 0.3) is 0 Å². The van der Waals surface area contributed by atoms with Gasteiger partial charge in [0.15, 0.2) is 6.04 Å². The maximum Gasteiger partial charge on any atom is 0.407 e. The second-order valence-electron chi connectivity index (χ2n) is 8.22. The number of fused-ring (bicyclic) bond motifs is 3. The first-order valence-corrected chi connectivity index (χ1v) is 9.70. The molecule has 2 atom stereocenters. The summed E-state index contributed by atoms with van der Waals surface area (Å²) in [5.41, 5.74) is 3.73. The smallest absolute Gasteiger partial charge is 0.407 e. The first kappa shape index (κ1) is 20.9. The monoisotopic (exact) mass is 397 g/mol. The Bertz CT molecular complexity index is 855. The van der Waals surface area contributed by atoms with Crippen molar-refractivity contribution in [1.29, 1.82) is 0 Å². The molecular formula is C23H27NO5. The summed E-state index contributed by atoms with van der Waals surface area (Å²) in [7, 11) is 0. The van der Waals surface area contributed by atoms with Crippen LogP contribution in [0.1, 0.15) is 44.7 Å². The van der Waals surface area contributed by atoms with Crippen molar-refractivity contribution in [3.8, 4) is 11.1 Å². The highest BCUT2D eigenvalue weighted by atomic mass is 16.6. The fourth-order valence-electron chi connectivity index (χ4n) is 3.51. The second-order valence-corrected chi connectivity index (χ2v) is 8.22. The number of hydrogen-bond acceptors (Lipinski definition) is 5. The Balaban J connectivity index is 1.68. The van der Waals surface area contributed by atoms with E-state index in [-0.39, 0.29) is 12.5 Å². The van der Waals surface area contributed by atoms with Crippen LogP contribution in [0.5, 0.6) is 0 Å². The van der Waals surface area contributed by atoms with Crippen LogP contribution >= 0.6 is 0 Å². The van der Waals surface area contributed by atoms with Gasteiger partial charge in [0.05, 0.1) is 6.10 Å². The number of amides is 1. The van der Waals surface area contributed by atoms with Crippen LogP contribution in [0.15, 0.2) is 48.5 Å². The van der Waals surface area contributed by atoms with Crippen molar-refractivity contribution in [3.63, 3.8) is 0 Å². The number of esters is 1. The Hall–Kier alpha value is -2.86. The maximum atomic E-state index is 12.4. The third-order valence-corrected chi connectivity index (χ3v) is 4.76. The van der Waals surface area contributed by atoms with Gasteiger partial charge in [-0.25, -0.2) is 9.59 Å². The van der Waals surface area contributed by atoms with Gasteiger partial charge in [-0.05, 0) is 49.9 Å². The molecule has 0 spiro atoms. The van der Waals surface area contributed by atoms with Crippen LogP contribution in [0, 0.1) is 0 Å². The molecule has 3 rings (SSSR count). The van der Waals surface area contributed by atoms with E-state index in [4.69, 9.17) is 9.47 Å². The molecule has 154 valence electrons. The molecule has 0 fully saturated rings. The largest absolute Gasteiger partial charge is 0.458 e. The van der Waals surface area contributed by atoms with Crippen LogP contribution < -0.4 is 5.32 Å². The summed E-state index contributed by atoms with van der Waals surface area (Å²) in [5, 5.41) is 12.3. The minimum atomic E-state index is -1.20. The normalized spacial score (nSPS) is 15.1. The number of rotatable bonds is 5. The van der Waals surface area contributed by atoms with Crippen molar-refractivity contribution in [2.75, 3.05) is 6.61 Å². The van der Waals surface area contributed by atoms with Crippen molar-refractivity contribution in [2.45, 2.75) is 51.4 Å². The molecule has 0 saturated carbocycles. The van der Waals surface area contributed by atoms with Crippen LogP contribution in [-0.2, 0) is 14.3 Å². The van der Waals surface area contributed by atoms with Crippen molar-refractivity contribution < 1.29 is 24.2 Å². The summed E-state index contributed by atoms with van der Waals surface area (Å²) in [4.78, 5) is 24.6. The third kappa shape index (κ3) is 4.77. The van der Waals surface area contributed by atoms with Crippen molar-refractivity contribution in [2.24, 2.45) is 0 Å². The molecule has 0 bridgehead atoms. The predicted octanol–water partition coefficient (Wildman–Crippen LogP) is 3.62. The standard InChI is InChI=1S/C23H27NO5/c1-14(25)20(21(26)29-23(2,3)4)24-22(27)28-13-19-17-11-7-5-9-15(17)16-10-6-8-12-18(16)19/h5-12,14,19-20,25H,13H2,1-4H3,(H,24,27)/t14-,20-/m1/s1. The third-order valence-electron chi connectivity index (χ3n) is 4.76. The molecule has 6 heteroatoms. The first-order chi connectivity index (χ1) is 13.7. The second kappa shape index (κ2) is 8.25. The minimum absolute atomic E-state index is 0.0836. The fraction of sp³-hybridized carbons (Fsp3) is 0.391. The average molecular weight is 397 g/mol. The molecule has 0 heterocycles. The highest BCUT2D eigenvalue weighted by molar-refractivity contribution is 5.82. The van der Waals surface area contributed by atoms with Crippen molar-refractivity contribution in [3.05, 3.63) is 59.7 Å². The number of carbonyl (C=O) groups excluding carboxylic acids is 2. The molecule has 0 aromatic heterocycles. The molecule has 2 N–H and O–H groups in total. The SMILES string of the molecule is C[C@@H](O)[C@@H](NC(=O)OCC1c2ccccc2-c2ccccc21)C(=O)OC(C)(C)C. The molecule has 0 unspecified atom stereocenters. The van der Waals surface area contributed by atoms with Gasteiger partial charge >= 0.3 is 12.1 Å². The quantitative estimate of drug-likeness (QED) is 0.753. The summed E-state index contributed by atoms with van der Waals surface area (Å²) in [6, 6.07) is 14.9. The van der Waals surface area contributed by atoms with Gasteiger partial charge in [0.2, 0.25) is 0 Å². The molecule has 1 amide bonds. The number of nitrogens with one attached hydrogen (secondary N) is 1. The van der Waals surface area contributed by atoms with Crippen LogP contribution in [-0.4, -0.2) is 41.5 Å². The van der Waals surface area contributed by atoms with E-state index < -0.39 is 29.8 Å². The number of benzene rings is 2. The molecule has 0 saturated heterocycles. The number of hydrogen-bond donors (Lipinski definition) is 2. The summed E-state index contributed by atoms with van der Waals surface area (Å²) in [5.74, 6) is -0.791. The zero-order valence-electron chi connectivity index (χ0n) is 17.1. The van der Waals surface area contributed by atoms with E-state index in [0.717, 1.165) is 22.3 Å². The highest BCUT2D eigenvalue weighted by Crippen LogP contribution is 2.44. The lowest BCUT2D eigenvalue weighted by Crippen LogP contribution is -2.50. The van der Waals surface area contributed by atoms with Gasteiger partial charge < -0.3 is 19.9 Å². The van der Waals surface area contributed by atoms with Gasteiger partial charge in [0.1, 0.15) is 12.2 Å². The topological polar surface area (TPSA) is 84.9 Å². The maximum absolute atomic E-state index is 12.4. The van der Waals surface area contributed by atoms with E-state index >= 15 is 0 Å². The van der Waals surface area contributed by atoms with Crippen molar-refractivity contribution >= 4 is 12.1 Å². The lowest BCUT2D eigenvalue weighted by atomic mass is 9.98. The molecule has 2 aromatic rings. The Morgan fingerprint density at radius 2 is 1.55 bits per heavy atom. The van der Waals surface area contributed by atoms with Gasteiger partial charge in [-0.3, -0.25) is 0 Å². The molecule has 2 aromatic carbocycles. The highest BCUT2D eigenvalue weighted by Gasteiger charge is 2.32. The number of aliphatic hydroxyl groups is 1. The molecule has 1 aliphatic carbocycles. The van der Waals surface area contributed by atoms with Gasteiger partial charge in [-0.15, -0.1) is 0 Å². The number of alkyl carbamates (subject to hydrolysis) is 1. The van der Waals surface area contributed by atoms with Crippen LogP contribution in [0.25, 0.3) is 11.1 Å². The summed E-state index contributed by atoms with van der Waals surface area (Å²) < 4.78 is 10.7. The van der Waals surface area contributed by atoms with E-state index in [9.17, 15) is 14.7 Å². The lowest BCUT2D eigenvalue weighted by molar-refractivity contribution is -0.160. The van der Waals surface area contributed by atoms with Crippen molar-refractivity contribution in [1.82, 2.24) is 5.32 Å². The molecule has 0 radical (unpaired) electrons. The molecule has 6 nitrogen and oxygen atoms in total.